The maximum absolute atomic E-state index is 5.81. The standard InChI is InChI=1S/C10H12O2/c1-2-10(1)5-3-4(6-8(5)11-6)7-9(10)12-7/h4-9H,1-3H2/t4-,5+,6+,7-,8-,9-/m1/s1. The average molecular weight is 164 g/mol. The Morgan fingerprint density at radius 1 is 1.00 bits per heavy atom. The first-order valence-corrected chi connectivity index (χ1v) is 5.21. The van der Waals surface area contributed by atoms with Gasteiger partial charge in [-0.05, 0) is 25.2 Å². The predicted octanol–water partition coefficient (Wildman–Crippen LogP) is 0.951. The van der Waals surface area contributed by atoms with Gasteiger partial charge >= 0.3 is 0 Å². The molecule has 2 bridgehead atoms. The molecule has 2 heteroatoms. The number of rotatable bonds is 0. The Labute approximate surface area is 71.2 Å². The highest BCUT2D eigenvalue weighted by atomic mass is 16.6. The summed E-state index contributed by atoms with van der Waals surface area (Å²) >= 11 is 0. The molecule has 3 aliphatic carbocycles. The van der Waals surface area contributed by atoms with E-state index in [0.29, 0.717) is 29.8 Å². The van der Waals surface area contributed by atoms with Gasteiger partial charge in [0.15, 0.2) is 0 Å². The summed E-state index contributed by atoms with van der Waals surface area (Å²) in [5.41, 5.74) is 0.636. The van der Waals surface area contributed by atoms with Gasteiger partial charge in [-0.1, -0.05) is 0 Å². The molecule has 1 spiro atoms. The SMILES string of the molecule is C1[C@H]2[C@H]3O[C@H]3C3(CC3)[C@@H]1[C@H]1O[C@@H]21. The fourth-order valence-electron chi connectivity index (χ4n) is 4.17. The summed E-state index contributed by atoms with van der Waals surface area (Å²) in [4.78, 5) is 0. The van der Waals surface area contributed by atoms with E-state index < -0.39 is 0 Å². The van der Waals surface area contributed by atoms with Gasteiger partial charge in [-0.3, -0.25) is 0 Å². The van der Waals surface area contributed by atoms with Crippen LogP contribution in [0.1, 0.15) is 19.3 Å². The van der Waals surface area contributed by atoms with E-state index >= 15 is 0 Å². The normalized spacial score (nSPS) is 72.0. The summed E-state index contributed by atoms with van der Waals surface area (Å²) in [5.74, 6) is 1.70. The van der Waals surface area contributed by atoms with Gasteiger partial charge in [0, 0.05) is 11.3 Å². The minimum absolute atomic E-state index is 0.626. The molecule has 2 aliphatic heterocycles. The molecule has 2 nitrogen and oxygen atoms in total. The van der Waals surface area contributed by atoms with Crippen LogP contribution in [0.3, 0.4) is 0 Å². The molecular weight excluding hydrogens is 152 g/mol. The minimum Gasteiger partial charge on any atom is -0.369 e. The summed E-state index contributed by atoms with van der Waals surface area (Å²) in [5, 5.41) is 0. The lowest BCUT2D eigenvalue weighted by atomic mass is 9.76. The van der Waals surface area contributed by atoms with Crippen LogP contribution in [0.25, 0.3) is 0 Å². The molecule has 0 radical (unpaired) electrons. The van der Waals surface area contributed by atoms with Crippen LogP contribution in [0, 0.1) is 17.3 Å². The van der Waals surface area contributed by atoms with Crippen molar-refractivity contribution in [3.63, 3.8) is 0 Å². The van der Waals surface area contributed by atoms with E-state index in [2.05, 4.69) is 0 Å². The van der Waals surface area contributed by atoms with Gasteiger partial charge in [-0.15, -0.1) is 0 Å². The molecule has 6 atom stereocenters. The monoisotopic (exact) mass is 164 g/mol. The first-order valence-electron chi connectivity index (χ1n) is 5.21. The Bertz CT molecular complexity index is 284. The molecule has 5 rings (SSSR count). The Balaban J connectivity index is 1.71. The molecule has 3 saturated carbocycles. The van der Waals surface area contributed by atoms with Crippen molar-refractivity contribution in [2.24, 2.45) is 17.3 Å². The van der Waals surface area contributed by atoms with Crippen LogP contribution in [-0.4, -0.2) is 24.4 Å². The number of hydrogen-bond acceptors (Lipinski definition) is 2. The molecule has 64 valence electrons. The molecule has 2 saturated heterocycles. The summed E-state index contributed by atoms with van der Waals surface area (Å²) < 4.78 is 11.5. The maximum Gasteiger partial charge on any atom is 0.0905 e. The van der Waals surface area contributed by atoms with Crippen LogP contribution >= 0.6 is 0 Å². The van der Waals surface area contributed by atoms with Crippen molar-refractivity contribution < 1.29 is 9.47 Å². The zero-order chi connectivity index (χ0) is 7.50. The summed E-state index contributed by atoms with van der Waals surface area (Å²) in [6.07, 6.45) is 6.89. The van der Waals surface area contributed by atoms with Crippen LogP contribution in [0.15, 0.2) is 0 Å². The highest BCUT2D eigenvalue weighted by Crippen LogP contribution is 2.75. The van der Waals surface area contributed by atoms with E-state index in [9.17, 15) is 0 Å². The van der Waals surface area contributed by atoms with E-state index in [1.165, 1.54) is 19.3 Å². The van der Waals surface area contributed by atoms with Crippen LogP contribution in [0.2, 0.25) is 0 Å². The first-order chi connectivity index (χ1) is 5.90. The lowest BCUT2D eigenvalue weighted by Gasteiger charge is -2.27. The van der Waals surface area contributed by atoms with Crippen molar-refractivity contribution in [2.75, 3.05) is 0 Å². The summed E-state index contributed by atoms with van der Waals surface area (Å²) in [6, 6.07) is 0. The van der Waals surface area contributed by atoms with Gasteiger partial charge in [0.2, 0.25) is 0 Å². The third-order valence-electron chi connectivity index (χ3n) is 4.99. The molecule has 12 heavy (non-hydrogen) atoms. The molecule has 0 aromatic rings. The molecule has 0 N–H and O–H groups in total. The number of hydrogen-bond donors (Lipinski definition) is 0. The van der Waals surface area contributed by atoms with Gasteiger partial charge < -0.3 is 9.47 Å². The molecule has 5 fully saturated rings. The quantitative estimate of drug-likeness (QED) is 0.498. The van der Waals surface area contributed by atoms with Gasteiger partial charge in [0.05, 0.1) is 24.4 Å². The second-order valence-corrected chi connectivity index (χ2v) is 5.33. The van der Waals surface area contributed by atoms with Crippen molar-refractivity contribution in [2.45, 2.75) is 43.7 Å². The molecule has 0 aromatic heterocycles. The molecule has 0 unspecified atom stereocenters. The Morgan fingerprint density at radius 2 is 1.92 bits per heavy atom. The molecule has 0 amide bonds. The third kappa shape index (κ3) is 0.391. The second-order valence-electron chi connectivity index (χ2n) is 5.33. The van der Waals surface area contributed by atoms with E-state index in [0.717, 1.165) is 11.8 Å². The summed E-state index contributed by atoms with van der Waals surface area (Å²) in [6.45, 7) is 0. The fourth-order valence-corrected chi connectivity index (χ4v) is 4.17. The van der Waals surface area contributed by atoms with Crippen molar-refractivity contribution in [1.82, 2.24) is 0 Å². The van der Waals surface area contributed by atoms with E-state index in [4.69, 9.17) is 9.47 Å². The first kappa shape index (κ1) is 5.61. The highest BCUT2D eigenvalue weighted by Gasteiger charge is 2.79. The van der Waals surface area contributed by atoms with Crippen molar-refractivity contribution in [3.8, 4) is 0 Å². The molecule has 5 aliphatic rings. The Kier molecular flexibility index (Phi) is 0.600. The van der Waals surface area contributed by atoms with E-state index in [-0.39, 0.29) is 0 Å². The third-order valence-corrected chi connectivity index (χ3v) is 4.99. The number of ether oxygens (including phenoxy) is 2. The Hall–Kier alpha value is -0.0800. The van der Waals surface area contributed by atoms with Crippen LogP contribution in [-0.2, 0) is 9.47 Å². The number of epoxide rings is 2. The summed E-state index contributed by atoms with van der Waals surface area (Å²) in [7, 11) is 0. The van der Waals surface area contributed by atoms with Gasteiger partial charge in [-0.25, -0.2) is 0 Å². The zero-order valence-corrected chi connectivity index (χ0v) is 6.90. The van der Waals surface area contributed by atoms with Gasteiger partial charge in [0.25, 0.3) is 0 Å². The van der Waals surface area contributed by atoms with Crippen LogP contribution in [0.4, 0.5) is 0 Å². The van der Waals surface area contributed by atoms with E-state index in [1.807, 2.05) is 0 Å². The van der Waals surface area contributed by atoms with Crippen LogP contribution in [0.5, 0.6) is 0 Å². The van der Waals surface area contributed by atoms with E-state index in [1.54, 1.807) is 0 Å². The zero-order valence-electron chi connectivity index (χ0n) is 6.90. The van der Waals surface area contributed by atoms with Crippen molar-refractivity contribution in [3.05, 3.63) is 0 Å². The van der Waals surface area contributed by atoms with Crippen LogP contribution < -0.4 is 0 Å². The fraction of sp³-hybridized carbons (Fsp3) is 1.00. The smallest absolute Gasteiger partial charge is 0.0905 e. The lowest BCUT2D eigenvalue weighted by Crippen LogP contribution is -2.32. The molecule has 0 aromatic carbocycles. The predicted molar refractivity (Wildman–Crippen MR) is 40.6 cm³/mol. The highest BCUT2D eigenvalue weighted by molar-refractivity contribution is 5.27. The maximum atomic E-state index is 5.81. The van der Waals surface area contributed by atoms with Gasteiger partial charge in [-0.2, -0.15) is 0 Å². The number of fused-ring (bicyclic) bond motifs is 4. The Morgan fingerprint density at radius 3 is 2.75 bits per heavy atom. The van der Waals surface area contributed by atoms with Gasteiger partial charge in [0.1, 0.15) is 0 Å². The lowest BCUT2D eigenvalue weighted by molar-refractivity contribution is 0.131. The molecule has 2 heterocycles. The second kappa shape index (κ2) is 1.28. The topological polar surface area (TPSA) is 25.1 Å². The van der Waals surface area contributed by atoms with Crippen molar-refractivity contribution in [1.29, 1.82) is 0 Å². The average Bonchev–Trinajstić information content (AvgIpc) is 2.86. The molecular formula is C10H12O2. The minimum atomic E-state index is 0.626. The largest absolute Gasteiger partial charge is 0.369 e. The van der Waals surface area contributed by atoms with Crippen molar-refractivity contribution >= 4 is 0 Å².